The molecule has 1 aliphatic rings. The first kappa shape index (κ1) is 14.8. The molecule has 1 fully saturated rings. The first-order valence-corrected chi connectivity index (χ1v) is 6.89. The summed E-state index contributed by atoms with van der Waals surface area (Å²) in [6.07, 6.45) is 0.763. The fourth-order valence-corrected chi connectivity index (χ4v) is 2.42. The van der Waals surface area contributed by atoms with E-state index >= 15 is 0 Å². The van der Waals surface area contributed by atoms with Gasteiger partial charge in [0.15, 0.2) is 0 Å². The van der Waals surface area contributed by atoms with E-state index in [0.29, 0.717) is 23.4 Å². The molecule has 0 spiro atoms. The van der Waals surface area contributed by atoms with Crippen LogP contribution in [0.3, 0.4) is 0 Å². The summed E-state index contributed by atoms with van der Waals surface area (Å²) < 4.78 is 5.77. The molecule has 1 aliphatic heterocycles. The molecule has 1 atom stereocenters. The van der Waals surface area contributed by atoms with Crippen molar-refractivity contribution >= 4 is 33.6 Å². The molecule has 1 saturated heterocycles. The molecular weight excluding hydrogens is 328 g/mol. The second kappa shape index (κ2) is 5.80. The zero-order chi connectivity index (χ0) is 14.8. The topological polar surface area (TPSA) is 87.7 Å². The Bertz CT molecular complexity index is 541. The molecule has 0 bridgehead atoms. The SMILES string of the molecule is CC1(NC(=O)Nc2ccc(C(=O)O)cc2Br)CCOC1. The van der Waals surface area contributed by atoms with Gasteiger partial charge in [0, 0.05) is 11.1 Å². The van der Waals surface area contributed by atoms with E-state index in [-0.39, 0.29) is 17.1 Å². The molecular formula is C13H15BrN2O4. The quantitative estimate of drug-likeness (QED) is 0.787. The van der Waals surface area contributed by atoms with E-state index in [4.69, 9.17) is 9.84 Å². The summed E-state index contributed by atoms with van der Waals surface area (Å²) in [6, 6.07) is 4.07. The summed E-state index contributed by atoms with van der Waals surface area (Å²) in [4.78, 5) is 22.8. The largest absolute Gasteiger partial charge is 0.478 e. The highest BCUT2D eigenvalue weighted by atomic mass is 79.9. The first-order valence-electron chi connectivity index (χ1n) is 6.09. The van der Waals surface area contributed by atoms with Gasteiger partial charge in [-0.15, -0.1) is 0 Å². The van der Waals surface area contributed by atoms with E-state index in [1.54, 1.807) is 6.07 Å². The number of hydrogen-bond donors (Lipinski definition) is 3. The zero-order valence-corrected chi connectivity index (χ0v) is 12.5. The first-order chi connectivity index (χ1) is 9.39. The molecule has 20 heavy (non-hydrogen) atoms. The number of amides is 2. The highest BCUT2D eigenvalue weighted by Gasteiger charge is 2.31. The van der Waals surface area contributed by atoms with Crippen LogP contribution in [0.2, 0.25) is 0 Å². The Labute approximate surface area is 124 Å². The molecule has 1 aromatic rings. The lowest BCUT2D eigenvalue weighted by Gasteiger charge is -2.23. The molecule has 6 nitrogen and oxygen atoms in total. The third-order valence-corrected chi connectivity index (χ3v) is 3.75. The van der Waals surface area contributed by atoms with Crippen LogP contribution >= 0.6 is 15.9 Å². The van der Waals surface area contributed by atoms with E-state index in [2.05, 4.69) is 26.6 Å². The summed E-state index contributed by atoms with van der Waals surface area (Å²) in [6.45, 7) is 3.04. The van der Waals surface area contributed by atoms with Crippen molar-refractivity contribution in [3.8, 4) is 0 Å². The van der Waals surface area contributed by atoms with Crippen LogP contribution in [-0.2, 0) is 4.74 Å². The van der Waals surface area contributed by atoms with Crippen LogP contribution in [0.4, 0.5) is 10.5 Å². The standard InChI is InChI=1S/C13H15BrN2O4/c1-13(4-5-20-7-13)16-12(19)15-10-3-2-8(11(17)18)6-9(10)14/h2-3,6H,4-5,7H2,1H3,(H,17,18)(H2,15,16,19). The van der Waals surface area contributed by atoms with E-state index in [9.17, 15) is 9.59 Å². The predicted molar refractivity (Wildman–Crippen MR) is 77.1 cm³/mol. The van der Waals surface area contributed by atoms with Crippen molar-refractivity contribution in [1.82, 2.24) is 5.32 Å². The fourth-order valence-electron chi connectivity index (χ4n) is 1.94. The molecule has 7 heteroatoms. The lowest BCUT2D eigenvalue weighted by atomic mass is 10.0. The van der Waals surface area contributed by atoms with Gasteiger partial charge in [0.2, 0.25) is 0 Å². The number of urea groups is 1. The number of benzene rings is 1. The van der Waals surface area contributed by atoms with Gasteiger partial charge in [0.1, 0.15) is 0 Å². The minimum atomic E-state index is -1.02. The average Bonchev–Trinajstić information content (AvgIpc) is 2.77. The third-order valence-electron chi connectivity index (χ3n) is 3.10. The van der Waals surface area contributed by atoms with Crippen molar-refractivity contribution < 1.29 is 19.4 Å². The Morgan fingerprint density at radius 1 is 1.45 bits per heavy atom. The van der Waals surface area contributed by atoms with E-state index < -0.39 is 5.97 Å². The Hall–Kier alpha value is -1.60. The van der Waals surface area contributed by atoms with Gasteiger partial charge < -0.3 is 20.5 Å². The maximum absolute atomic E-state index is 11.9. The summed E-state index contributed by atoms with van der Waals surface area (Å²) in [7, 11) is 0. The van der Waals surface area contributed by atoms with E-state index in [1.807, 2.05) is 6.92 Å². The van der Waals surface area contributed by atoms with Crippen LogP contribution in [-0.4, -0.2) is 35.9 Å². The number of halogens is 1. The Morgan fingerprint density at radius 2 is 2.20 bits per heavy atom. The van der Waals surface area contributed by atoms with Gasteiger partial charge >= 0.3 is 12.0 Å². The van der Waals surface area contributed by atoms with Gasteiger partial charge in [-0.1, -0.05) is 0 Å². The number of nitrogens with one attached hydrogen (secondary N) is 2. The number of carboxylic acids is 1. The number of carboxylic acid groups (broad SMARTS) is 1. The van der Waals surface area contributed by atoms with Crippen LogP contribution in [0.15, 0.2) is 22.7 Å². The summed E-state index contributed by atoms with van der Waals surface area (Å²) in [5.74, 6) is -1.02. The normalized spacial score (nSPS) is 21.5. The van der Waals surface area contributed by atoms with Crippen molar-refractivity contribution in [2.75, 3.05) is 18.5 Å². The minimum absolute atomic E-state index is 0.152. The smallest absolute Gasteiger partial charge is 0.335 e. The molecule has 2 amide bonds. The number of hydrogen-bond acceptors (Lipinski definition) is 3. The molecule has 3 N–H and O–H groups in total. The van der Waals surface area contributed by atoms with E-state index in [1.165, 1.54) is 12.1 Å². The summed E-state index contributed by atoms with van der Waals surface area (Å²) in [5.41, 5.74) is 0.298. The van der Waals surface area contributed by atoms with Crippen molar-refractivity contribution in [3.05, 3.63) is 28.2 Å². The van der Waals surface area contributed by atoms with Gasteiger partial charge in [-0.2, -0.15) is 0 Å². The molecule has 2 rings (SSSR count). The number of rotatable bonds is 3. The highest BCUT2D eigenvalue weighted by Crippen LogP contribution is 2.24. The van der Waals surface area contributed by atoms with Gasteiger partial charge in [0.05, 0.1) is 23.4 Å². The second-order valence-electron chi connectivity index (χ2n) is 4.94. The Morgan fingerprint density at radius 3 is 2.75 bits per heavy atom. The van der Waals surface area contributed by atoms with Crippen molar-refractivity contribution in [3.63, 3.8) is 0 Å². The highest BCUT2D eigenvalue weighted by molar-refractivity contribution is 9.10. The molecule has 1 heterocycles. The average molecular weight is 343 g/mol. The van der Waals surface area contributed by atoms with Crippen molar-refractivity contribution in [2.45, 2.75) is 18.9 Å². The second-order valence-corrected chi connectivity index (χ2v) is 5.80. The summed E-state index contributed by atoms with van der Waals surface area (Å²) >= 11 is 3.24. The van der Waals surface area contributed by atoms with Crippen LogP contribution in [0.25, 0.3) is 0 Å². The van der Waals surface area contributed by atoms with Crippen LogP contribution in [0.5, 0.6) is 0 Å². The van der Waals surface area contributed by atoms with Gasteiger partial charge in [-0.3, -0.25) is 0 Å². The van der Waals surface area contributed by atoms with Gasteiger partial charge in [-0.25, -0.2) is 9.59 Å². The Kier molecular flexibility index (Phi) is 4.29. The molecule has 1 unspecified atom stereocenters. The van der Waals surface area contributed by atoms with Crippen molar-refractivity contribution in [2.24, 2.45) is 0 Å². The molecule has 0 aromatic heterocycles. The van der Waals surface area contributed by atoms with Crippen LogP contribution in [0.1, 0.15) is 23.7 Å². The van der Waals surface area contributed by atoms with E-state index in [0.717, 1.165) is 6.42 Å². The molecule has 108 valence electrons. The van der Waals surface area contributed by atoms with Crippen molar-refractivity contribution in [1.29, 1.82) is 0 Å². The third kappa shape index (κ3) is 3.49. The lowest BCUT2D eigenvalue weighted by molar-refractivity contribution is 0.0697. The minimum Gasteiger partial charge on any atom is -0.478 e. The van der Waals surface area contributed by atoms with Gasteiger partial charge in [0.25, 0.3) is 0 Å². The predicted octanol–water partition coefficient (Wildman–Crippen LogP) is 2.45. The monoisotopic (exact) mass is 342 g/mol. The molecule has 0 aliphatic carbocycles. The molecule has 0 saturated carbocycles. The van der Waals surface area contributed by atoms with Gasteiger partial charge in [-0.05, 0) is 47.5 Å². The molecule has 1 aromatic carbocycles. The number of carbonyl (C=O) groups is 2. The number of ether oxygens (including phenoxy) is 1. The van der Waals surface area contributed by atoms with Crippen LogP contribution < -0.4 is 10.6 Å². The number of aromatic carboxylic acids is 1. The maximum atomic E-state index is 11.9. The zero-order valence-electron chi connectivity index (χ0n) is 10.9. The van der Waals surface area contributed by atoms with Crippen LogP contribution in [0, 0.1) is 0 Å². The lowest BCUT2D eigenvalue weighted by Crippen LogP contribution is -2.48. The Balaban J connectivity index is 2.02. The number of anilines is 1. The molecule has 0 radical (unpaired) electrons. The maximum Gasteiger partial charge on any atom is 0.335 e. The fraction of sp³-hybridized carbons (Fsp3) is 0.385. The summed E-state index contributed by atoms with van der Waals surface area (Å²) in [5, 5.41) is 14.4. The number of carbonyl (C=O) groups excluding carboxylic acids is 1.